The highest BCUT2D eigenvalue weighted by atomic mass is 16.5. The van der Waals surface area contributed by atoms with Gasteiger partial charge in [-0.05, 0) is 37.5 Å². The Labute approximate surface area is 126 Å². The third-order valence-corrected chi connectivity index (χ3v) is 3.71. The van der Waals surface area contributed by atoms with Crippen LogP contribution in [0.2, 0.25) is 0 Å². The van der Waals surface area contributed by atoms with Gasteiger partial charge >= 0.3 is 0 Å². The van der Waals surface area contributed by atoms with E-state index in [2.05, 4.69) is 17.2 Å². The molecule has 1 aliphatic heterocycles. The van der Waals surface area contributed by atoms with E-state index in [1.807, 2.05) is 32.0 Å². The number of aryl methyl sites for hydroxylation is 1. The normalized spacial score (nSPS) is 20.7. The first-order valence-corrected chi connectivity index (χ1v) is 7.37. The Bertz CT molecular complexity index is 572. The molecule has 4 nitrogen and oxygen atoms in total. The Balaban J connectivity index is 2.18. The second-order valence-electron chi connectivity index (χ2n) is 5.26. The van der Waals surface area contributed by atoms with Crippen LogP contribution in [0.25, 0.3) is 0 Å². The van der Waals surface area contributed by atoms with Gasteiger partial charge in [0.1, 0.15) is 0 Å². The maximum absolute atomic E-state index is 12.5. The molecule has 4 heteroatoms. The number of hydrogen-bond acceptors (Lipinski definition) is 3. The Kier molecular flexibility index (Phi) is 5.38. The molecule has 1 amide bonds. The Morgan fingerprint density at radius 1 is 1.52 bits per heavy atom. The number of ether oxygens (including phenoxy) is 1. The summed E-state index contributed by atoms with van der Waals surface area (Å²) in [6.07, 6.45) is 1.65. The zero-order chi connectivity index (χ0) is 15.2. The van der Waals surface area contributed by atoms with Crippen molar-refractivity contribution in [3.05, 3.63) is 29.3 Å². The van der Waals surface area contributed by atoms with Crippen LogP contribution in [-0.4, -0.2) is 25.2 Å². The second kappa shape index (κ2) is 7.26. The van der Waals surface area contributed by atoms with Crippen molar-refractivity contribution in [3.63, 3.8) is 0 Å². The summed E-state index contributed by atoms with van der Waals surface area (Å²) in [6.45, 7) is 4.99. The fourth-order valence-corrected chi connectivity index (χ4v) is 2.59. The number of hydrogen-bond donors (Lipinski definition) is 2. The van der Waals surface area contributed by atoms with Gasteiger partial charge in [-0.25, -0.2) is 0 Å². The number of anilines is 1. The van der Waals surface area contributed by atoms with E-state index in [1.165, 1.54) is 0 Å². The summed E-state index contributed by atoms with van der Waals surface area (Å²) in [7, 11) is 0. The van der Waals surface area contributed by atoms with E-state index >= 15 is 0 Å². The number of amides is 1. The third kappa shape index (κ3) is 3.84. The molecule has 0 saturated carbocycles. The molecule has 21 heavy (non-hydrogen) atoms. The Hall–Kier alpha value is -1.83. The van der Waals surface area contributed by atoms with Crippen LogP contribution in [-0.2, 0) is 9.53 Å². The largest absolute Gasteiger partial charge is 0.377 e. The molecule has 3 N–H and O–H groups in total. The molecular formula is C17H22N2O2. The minimum Gasteiger partial charge on any atom is -0.377 e. The molecule has 0 aromatic heterocycles. The molecule has 0 bridgehead atoms. The number of nitrogens with one attached hydrogen (secondary N) is 1. The average Bonchev–Trinajstić information content (AvgIpc) is 2.95. The molecule has 2 atom stereocenters. The van der Waals surface area contributed by atoms with Crippen molar-refractivity contribution in [1.82, 2.24) is 0 Å². The maximum Gasteiger partial charge on any atom is 0.230 e. The average molecular weight is 286 g/mol. The van der Waals surface area contributed by atoms with Crippen LogP contribution in [0.3, 0.4) is 0 Å². The topological polar surface area (TPSA) is 64.3 Å². The number of carbonyl (C=O) groups is 1. The molecule has 1 saturated heterocycles. The van der Waals surface area contributed by atoms with Crippen LogP contribution >= 0.6 is 0 Å². The van der Waals surface area contributed by atoms with Gasteiger partial charge in [-0.3, -0.25) is 4.79 Å². The Morgan fingerprint density at radius 2 is 2.33 bits per heavy atom. The van der Waals surface area contributed by atoms with Crippen LogP contribution < -0.4 is 11.1 Å². The summed E-state index contributed by atoms with van der Waals surface area (Å²) >= 11 is 0. The van der Waals surface area contributed by atoms with Gasteiger partial charge in [0.2, 0.25) is 5.91 Å². The lowest BCUT2D eigenvalue weighted by Gasteiger charge is -2.17. The van der Waals surface area contributed by atoms with Crippen LogP contribution in [0.1, 0.15) is 30.9 Å². The predicted octanol–water partition coefficient (Wildman–Crippen LogP) is 2.06. The molecular weight excluding hydrogens is 264 g/mol. The van der Waals surface area contributed by atoms with Crippen molar-refractivity contribution >= 4 is 11.6 Å². The van der Waals surface area contributed by atoms with E-state index < -0.39 is 0 Å². The van der Waals surface area contributed by atoms with Crippen LogP contribution in [0, 0.1) is 24.7 Å². The number of rotatable bonds is 3. The smallest absolute Gasteiger partial charge is 0.230 e. The van der Waals surface area contributed by atoms with Gasteiger partial charge < -0.3 is 15.8 Å². The first kappa shape index (κ1) is 15.6. The first-order chi connectivity index (χ1) is 10.2. The lowest BCUT2D eigenvalue weighted by atomic mass is 9.98. The molecule has 1 aromatic carbocycles. The van der Waals surface area contributed by atoms with Crippen molar-refractivity contribution in [2.24, 2.45) is 11.7 Å². The molecule has 1 heterocycles. The molecule has 1 fully saturated rings. The van der Waals surface area contributed by atoms with Gasteiger partial charge in [0.15, 0.2) is 0 Å². The van der Waals surface area contributed by atoms with Gasteiger partial charge in [-0.15, -0.1) is 0 Å². The SMILES string of the molecule is CCC1OCCC1C(=O)Nc1cc(C)ccc1C#CCN. The van der Waals surface area contributed by atoms with Crippen molar-refractivity contribution in [3.8, 4) is 11.8 Å². The Morgan fingerprint density at radius 3 is 3.05 bits per heavy atom. The van der Waals surface area contributed by atoms with E-state index in [-0.39, 0.29) is 17.9 Å². The monoisotopic (exact) mass is 286 g/mol. The summed E-state index contributed by atoms with van der Waals surface area (Å²) < 4.78 is 5.59. The van der Waals surface area contributed by atoms with Crippen molar-refractivity contribution in [2.75, 3.05) is 18.5 Å². The van der Waals surface area contributed by atoms with Gasteiger partial charge in [-0.2, -0.15) is 0 Å². The van der Waals surface area contributed by atoms with Gasteiger partial charge in [0, 0.05) is 12.2 Å². The molecule has 2 unspecified atom stereocenters. The fraction of sp³-hybridized carbons (Fsp3) is 0.471. The molecule has 0 aliphatic carbocycles. The van der Waals surface area contributed by atoms with E-state index in [0.717, 1.165) is 29.7 Å². The molecule has 112 valence electrons. The molecule has 1 aliphatic rings. The maximum atomic E-state index is 12.5. The van der Waals surface area contributed by atoms with Crippen LogP contribution in [0.5, 0.6) is 0 Å². The summed E-state index contributed by atoms with van der Waals surface area (Å²) in [6, 6.07) is 5.83. The van der Waals surface area contributed by atoms with Crippen molar-refractivity contribution in [2.45, 2.75) is 32.8 Å². The second-order valence-corrected chi connectivity index (χ2v) is 5.26. The number of nitrogens with two attached hydrogens (primary N) is 1. The van der Waals surface area contributed by atoms with Crippen molar-refractivity contribution < 1.29 is 9.53 Å². The molecule has 2 rings (SSSR count). The molecule has 1 aromatic rings. The first-order valence-electron chi connectivity index (χ1n) is 7.37. The summed E-state index contributed by atoms with van der Waals surface area (Å²) in [4.78, 5) is 12.5. The highest BCUT2D eigenvalue weighted by Gasteiger charge is 2.32. The number of benzene rings is 1. The summed E-state index contributed by atoms with van der Waals surface area (Å²) in [5, 5.41) is 3.00. The predicted molar refractivity (Wildman–Crippen MR) is 83.9 cm³/mol. The van der Waals surface area contributed by atoms with E-state index in [9.17, 15) is 4.79 Å². The van der Waals surface area contributed by atoms with Gasteiger partial charge in [0.25, 0.3) is 0 Å². The highest BCUT2D eigenvalue weighted by Crippen LogP contribution is 2.26. The highest BCUT2D eigenvalue weighted by molar-refractivity contribution is 5.94. The van der Waals surface area contributed by atoms with Crippen LogP contribution in [0.15, 0.2) is 18.2 Å². The van der Waals surface area contributed by atoms with Crippen LogP contribution in [0.4, 0.5) is 5.69 Å². The lowest BCUT2D eigenvalue weighted by Crippen LogP contribution is -2.29. The molecule has 0 radical (unpaired) electrons. The van der Waals surface area contributed by atoms with Gasteiger partial charge in [0.05, 0.1) is 24.3 Å². The standard InChI is InChI=1S/C17H22N2O2/c1-3-16-14(8-10-21-16)17(20)19-15-11-12(2)6-7-13(15)5-4-9-18/h6-7,11,14,16H,3,8-10,18H2,1-2H3,(H,19,20). The zero-order valence-corrected chi connectivity index (χ0v) is 12.6. The fourth-order valence-electron chi connectivity index (χ4n) is 2.59. The van der Waals surface area contributed by atoms with E-state index in [1.54, 1.807) is 0 Å². The van der Waals surface area contributed by atoms with E-state index in [4.69, 9.17) is 10.5 Å². The molecule has 0 spiro atoms. The summed E-state index contributed by atoms with van der Waals surface area (Å²) in [5.74, 6) is 5.77. The minimum atomic E-state index is -0.0779. The quantitative estimate of drug-likeness (QED) is 0.836. The summed E-state index contributed by atoms with van der Waals surface area (Å²) in [5.41, 5.74) is 8.05. The van der Waals surface area contributed by atoms with E-state index in [0.29, 0.717) is 13.2 Å². The lowest BCUT2D eigenvalue weighted by molar-refractivity contribution is -0.121. The van der Waals surface area contributed by atoms with Gasteiger partial charge in [-0.1, -0.05) is 24.8 Å². The third-order valence-electron chi connectivity index (χ3n) is 3.71. The zero-order valence-electron chi connectivity index (χ0n) is 12.6. The van der Waals surface area contributed by atoms with Crippen molar-refractivity contribution in [1.29, 1.82) is 0 Å². The minimum absolute atomic E-state index is 0.0146. The number of carbonyl (C=O) groups excluding carboxylic acids is 1.